The number of aldehydes is 1. The van der Waals surface area contributed by atoms with Crippen LogP contribution >= 0.6 is 15.9 Å². The number of hydrogen-bond donors (Lipinski definition) is 0. The van der Waals surface area contributed by atoms with Gasteiger partial charge in [-0.1, -0.05) is 58.4 Å². The largest absolute Gasteiger partial charge is 0.466 e. The molecule has 0 aromatic heterocycles. The summed E-state index contributed by atoms with van der Waals surface area (Å²) in [7, 11) is 0. The molecule has 7 heteroatoms. The van der Waals surface area contributed by atoms with E-state index in [0.717, 1.165) is 16.3 Å². The Balaban J connectivity index is 2.15. The van der Waals surface area contributed by atoms with E-state index in [-0.39, 0.29) is 18.0 Å². The molecule has 0 unspecified atom stereocenters. The van der Waals surface area contributed by atoms with Crippen LogP contribution in [0.4, 0.5) is 0 Å². The average Bonchev–Trinajstić information content (AvgIpc) is 2.73. The molecule has 2 aromatic rings. The maximum absolute atomic E-state index is 12.7. The number of esters is 1. The van der Waals surface area contributed by atoms with Gasteiger partial charge in [-0.05, 0) is 36.6 Å². The molecule has 0 amide bonds. The molecule has 1 fully saturated rings. The van der Waals surface area contributed by atoms with E-state index in [1.165, 1.54) is 0 Å². The second kappa shape index (κ2) is 9.31. The number of carbonyl (C=O) groups excluding carboxylic acids is 2. The van der Waals surface area contributed by atoms with E-state index in [2.05, 4.69) is 15.9 Å². The minimum atomic E-state index is -1.13. The van der Waals surface area contributed by atoms with Gasteiger partial charge in [0, 0.05) is 15.3 Å². The Morgan fingerprint density at radius 1 is 1.14 bits per heavy atom. The van der Waals surface area contributed by atoms with E-state index in [1.54, 1.807) is 43.3 Å². The van der Waals surface area contributed by atoms with Gasteiger partial charge in [0.15, 0.2) is 0 Å². The van der Waals surface area contributed by atoms with Crippen LogP contribution in [-0.2, 0) is 14.3 Å². The van der Waals surface area contributed by atoms with Crippen LogP contribution < -0.4 is 0 Å². The number of halogens is 1. The highest BCUT2D eigenvalue weighted by Gasteiger charge is 2.55. The standard InChI is InChI=1S/C22H22BrNO5/c1-2-29-22(26)18-12-16(13-25)19(15-8-10-17(23)11-9-15)21(24(27)28)20(18)14-6-4-3-5-7-14/h3-11,13,16,18-21H,2,12H2,1H3/t16-,18-,19-,20+,21+/m1/s1. The van der Waals surface area contributed by atoms with Crippen molar-refractivity contribution in [1.82, 2.24) is 0 Å². The quantitative estimate of drug-likeness (QED) is 0.277. The molecule has 0 radical (unpaired) electrons. The molecule has 29 heavy (non-hydrogen) atoms. The van der Waals surface area contributed by atoms with E-state index >= 15 is 0 Å². The maximum atomic E-state index is 12.7. The fourth-order valence-electron chi connectivity index (χ4n) is 4.43. The first-order valence-corrected chi connectivity index (χ1v) is 10.3. The molecule has 1 aliphatic carbocycles. The Labute approximate surface area is 177 Å². The molecule has 0 spiro atoms. The normalized spacial score (nSPS) is 26.5. The van der Waals surface area contributed by atoms with Gasteiger partial charge in [0.1, 0.15) is 6.29 Å². The summed E-state index contributed by atoms with van der Waals surface area (Å²) in [5, 5.41) is 12.3. The maximum Gasteiger partial charge on any atom is 0.309 e. The Morgan fingerprint density at radius 3 is 2.31 bits per heavy atom. The van der Waals surface area contributed by atoms with Crippen molar-refractivity contribution in [2.75, 3.05) is 6.61 Å². The van der Waals surface area contributed by atoms with Crippen molar-refractivity contribution < 1.29 is 19.2 Å². The third-order valence-electron chi connectivity index (χ3n) is 5.60. The zero-order valence-corrected chi connectivity index (χ0v) is 17.5. The smallest absolute Gasteiger partial charge is 0.309 e. The summed E-state index contributed by atoms with van der Waals surface area (Å²) in [5.74, 6) is -3.22. The topological polar surface area (TPSA) is 86.5 Å². The van der Waals surface area contributed by atoms with Crippen molar-refractivity contribution in [3.8, 4) is 0 Å². The minimum Gasteiger partial charge on any atom is -0.466 e. The first-order chi connectivity index (χ1) is 14.0. The molecule has 5 atom stereocenters. The lowest BCUT2D eigenvalue weighted by molar-refractivity contribution is -0.536. The number of benzene rings is 2. The monoisotopic (exact) mass is 459 g/mol. The van der Waals surface area contributed by atoms with Gasteiger partial charge in [-0.15, -0.1) is 0 Å². The van der Waals surface area contributed by atoms with E-state index in [9.17, 15) is 19.7 Å². The van der Waals surface area contributed by atoms with E-state index in [0.29, 0.717) is 5.56 Å². The molecule has 2 aromatic carbocycles. The Hall–Kier alpha value is -2.54. The fourth-order valence-corrected chi connectivity index (χ4v) is 4.69. The van der Waals surface area contributed by atoms with Crippen molar-refractivity contribution in [2.45, 2.75) is 31.2 Å². The van der Waals surface area contributed by atoms with E-state index < -0.39 is 35.7 Å². The summed E-state index contributed by atoms with van der Waals surface area (Å²) in [4.78, 5) is 36.7. The molecule has 0 N–H and O–H groups in total. The van der Waals surface area contributed by atoms with Crippen molar-refractivity contribution >= 4 is 28.2 Å². The molecule has 6 nitrogen and oxygen atoms in total. The highest BCUT2D eigenvalue weighted by molar-refractivity contribution is 9.10. The van der Waals surface area contributed by atoms with Crippen LogP contribution in [0.5, 0.6) is 0 Å². The fraction of sp³-hybridized carbons (Fsp3) is 0.364. The summed E-state index contributed by atoms with van der Waals surface area (Å²) in [6.45, 7) is 1.88. The number of hydrogen-bond acceptors (Lipinski definition) is 5. The zero-order valence-electron chi connectivity index (χ0n) is 15.9. The predicted octanol–water partition coefficient (Wildman–Crippen LogP) is 4.36. The van der Waals surface area contributed by atoms with Crippen LogP contribution in [0, 0.1) is 22.0 Å². The molecular weight excluding hydrogens is 438 g/mol. The van der Waals surface area contributed by atoms with Gasteiger partial charge in [0.05, 0.1) is 24.4 Å². The molecule has 1 saturated carbocycles. The van der Waals surface area contributed by atoms with Crippen LogP contribution in [-0.4, -0.2) is 29.8 Å². The van der Waals surface area contributed by atoms with Gasteiger partial charge < -0.3 is 9.53 Å². The lowest BCUT2D eigenvalue weighted by Gasteiger charge is -2.40. The average molecular weight is 460 g/mol. The summed E-state index contributed by atoms with van der Waals surface area (Å²) >= 11 is 3.38. The number of carbonyl (C=O) groups is 2. The number of nitro groups is 1. The van der Waals surface area contributed by atoms with Gasteiger partial charge in [-0.2, -0.15) is 0 Å². The van der Waals surface area contributed by atoms with Gasteiger partial charge in [-0.3, -0.25) is 14.9 Å². The number of rotatable bonds is 6. The Morgan fingerprint density at radius 2 is 1.76 bits per heavy atom. The van der Waals surface area contributed by atoms with Crippen LogP contribution in [0.25, 0.3) is 0 Å². The van der Waals surface area contributed by atoms with Crippen molar-refractivity contribution in [3.63, 3.8) is 0 Å². The molecular formula is C22H22BrNO5. The summed E-state index contributed by atoms with van der Waals surface area (Å²) in [6, 6.07) is 15.1. The third-order valence-corrected chi connectivity index (χ3v) is 6.13. The van der Waals surface area contributed by atoms with Gasteiger partial charge in [0.25, 0.3) is 0 Å². The minimum absolute atomic E-state index is 0.182. The number of ether oxygens (including phenoxy) is 1. The second-order valence-electron chi connectivity index (χ2n) is 7.18. The first-order valence-electron chi connectivity index (χ1n) is 9.53. The van der Waals surface area contributed by atoms with E-state index in [4.69, 9.17) is 4.74 Å². The lowest BCUT2D eigenvalue weighted by Crippen LogP contribution is -2.48. The van der Waals surface area contributed by atoms with Gasteiger partial charge in [-0.25, -0.2) is 0 Å². The Bertz CT molecular complexity index is 871. The van der Waals surface area contributed by atoms with Gasteiger partial charge in [0.2, 0.25) is 6.04 Å². The summed E-state index contributed by atoms with van der Waals surface area (Å²) < 4.78 is 6.08. The molecule has 0 bridgehead atoms. The van der Waals surface area contributed by atoms with Crippen LogP contribution in [0.2, 0.25) is 0 Å². The van der Waals surface area contributed by atoms with Gasteiger partial charge >= 0.3 is 5.97 Å². The summed E-state index contributed by atoms with van der Waals surface area (Å²) in [6.07, 6.45) is 0.962. The highest BCUT2D eigenvalue weighted by atomic mass is 79.9. The van der Waals surface area contributed by atoms with Crippen LogP contribution in [0.3, 0.4) is 0 Å². The van der Waals surface area contributed by atoms with Crippen molar-refractivity contribution in [1.29, 1.82) is 0 Å². The number of nitrogens with zero attached hydrogens (tertiary/aromatic N) is 1. The zero-order chi connectivity index (χ0) is 21.0. The molecule has 0 aliphatic heterocycles. The molecule has 3 rings (SSSR count). The molecule has 0 heterocycles. The van der Waals surface area contributed by atoms with Crippen molar-refractivity contribution in [3.05, 3.63) is 80.3 Å². The second-order valence-corrected chi connectivity index (χ2v) is 8.10. The van der Waals surface area contributed by atoms with Crippen LogP contribution in [0.15, 0.2) is 59.1 Å². The SMILES string of the molecule is CCOC(=O)[C@@H]1C[C@H](C=O)[C@@H](c2ccc(Br)cc2)[C@H]([N+](=O)[O-])[C@H]1c1ccccc1. The molecule has 0 saturated heterocycles. The molecule has 1 aliphatic rings. The van der Waals surface area contributed by atoms with Crippen LogP contribution in [0.1, 0.15) is 36.3 Å². The first kappa shape index (κ1) is 21.2. The molecule has 152 valence electrons. The lowest BCUT2D eigenvalue weighted by atomic mass is 9.61. The Kier molecular flexibility index (Phi) is 6.79. The third kappa shape index (κ3) is 4.40. The highest BCUT2D eigenvalue weighted by Crippen LogP contribution is 2.49. The van der Waals surface area contributed by atoms with E-state index in [1.807, 2.05) is 18.2 Å². The summed E-state index contributed by atoms with van der Waals surface area (Å²) in [5.41, 5.74) is 1.42. The predicted molar refractivity (Wildman–Crippen MR) is 111 cm³/mol. The van der Waals surface area contributed by atoms with Crippen molar-refractivity contribution in [2.24, 2.45) is 11.8 Å².